The van der Waals surface area contributed by atoms with Crippen molar-refractivity contribution < 1.29 is 9.13 Å². The number of benzene rings is 2. The van der Waals surface area contributed by atoms with E-state index in [2.05, 4.69) is 30.4 Å². The number of rotatable bonds is 6. The number of hydrogen-bond acceptors (Lipinski definition) is 2. The van der Waals surface area contributed by atoms with E-state index in [0.717, 1.165) is 18.4 Å². The van der Waals surface area contributed by atoms with Gasteiger partial charge in [-0.05, 0) is 55.6 Å². The molecule has 2 rings (SSSR count). The van der Waals surface area contributed by atoms with Crippen molar-refractivity contribution in [2.75, 3.05) is 14.2 Å². The average molecular weight is 287 g/mol. The minimum atomic E-state index is -0.314. The van der Waals surface area contributed by atoms with Gasteiger partial charge in [0.15, 0.2) is 11.6 Å². The molecule has 0 bridgehead atoms. The second-order valence-corrected chi connectivity index (χ2v) is 5.20. The summed E-state index contributed by atoms with van der Waals surface area (Å²) in [6.45, 7) is 2.12. The number of halogens is 1. The average Bonchev–Trinajstić information content (AvgIpc) is 2.50. The molecule has 1 atom stereocenters. The van der Waals surface area contributed by atoms with Crippen molar-refractivity contribution >= 4 is 0 Å². The van der Waals surface area contributed by atoms with E-state index in [1.165, 1.54) is 18.2 Å². The molecule has 0 spiro atoms. The van der Waals surface area contributed by atoms with Gasteiger partial charge in [-0.1, -0.05) is 30.3 Å². The summed E-state index contributed by atoms with van der Waals surface area (Å²) in [5.74, 6) is -0.0290. The SMILES string of the molecule is CNC(CCc1ccccc1C)c1ccc(OC)c(F)c1. The smallest absolute Gasteiger partial charge is 0.165 e. The lowest BCUT2D eigenvalue weighted by atomic mass is 9.97. The van der Waals surface area contributed by atoms with Crippen LogP contribution in [0.25, 0.3) is 0 Å². The van der Waals surface area contributed by atoms with Gasteiger partial charge in [-0.3, -0.25) is 0 Å². The Labute approximate surface area is 126 Å². The molecule has 0 heterocycles. The van der Waals surface area contributed by atoms with E-state index in [1.807, 2.05) is 19.2 Å². The number of nitrogens with one attached hydrogen (secondary N) is 1. The van der Waals surface area contributed by atoms with Crippen LogP contribution in [0.5, 0.6) is 5.75 Å². The fraction of sp³-hybridized carbons (Fsp3) is 0.333. The van der Waals surface area contributed by atoms with Gasteiger partial charge >= 0.3 is 0 Å². The number of hydrogen-bond donors (Lipinski definition) is 1. The third-order valence-corrected chi connectivity index (χ3v) is 3.89. The van der Waals surface area contributed by atoms with Gasteiger partial charge in [0.25, 0.3) is 0 Å². The molecule has 112 valence electrons. The van der Waals surface area contributed by atoms with E-state index >= 15 is 0 Å². The fourth-order valence-corrected chi connectivity index (χ4v) is 2.57. The minimum Gasteiger partial charge on any atom is -0.494 e. The summed E-state index contributed by atoms with van der Waals surface area (Å²) in [5.41, 5.74) is 3.59. The third-order valence-electron chi connectivity index (χ3n) is 3.89. The van der Waals surface area contributed by atoms with Crippen LogP contribution in [0.1, 0.15) is 29.2 Å². The molecule has 0 fully saturated rings. The molecule has 0 saturated heterocycles. The molecule has 0 radical (unpaired) electrons. The highest BCUT2D eigenvalue weighted by atomic mass is 19.1. The Hall–Kier alpha value is -1.87. The number of aryl methyl sites for hydroxylation is 2. The van der Waals surface area contributed by atoms with Crippen LogP contribution in [0.3, 0.4) is 0 Å². The van der Waals surface area contributed by atoms with Crippen LogP contribution in [0.2, 0.25) is 0 Å². The quantitative estimate of drug-likeness (QED) is 0.866. The van der Waals surface area contributed by atoms with Crippen LogP contribution >= 0.6 is 0 Å². The molecule has 2 aromatic carbocycles. The maximum atomic E-state index is 13.8. The summed E-state index contributed by atoms with van der Waals surface area (Å²) in [7, 11) is 3.39. The molecule has 2 aromatic rings. The lowest BCUT2D eigenvalue weighted by Crippen LogP contribution is -2.17. The Balaban J connectivity index is 2.10. The lowest BCUT2D eigenvalue weighted by Gasteiger charge is -2.18. The summed E-state index contributed by atoms with van der Waals surface area (Å²) < 4.78 is 18.8. The first-order chi connectivity index (χ1) is 10.2. The molecule has 0 saturated carbocycles. The van der Waals surface area contributed by atoms with Crippen molar-refractivity contribution in [3.8, 4) is 5.75 Å². The summed E-state index contributed by atoms with van der Waals surface area (Å²) >= 11 is 0. The Kier molecular flexibility index (Phi) is 5.34. The molecule has 0 aliphatic heterocycles. The minimum absolute atomic E-state index is 0.130. The molecule has 1 unspecified atom stereocenters. The van der Waals surface area contributed by atoms with Crippen molar-refractivity contribution in [2.24, 2.45) is 0 Å². The Morgan fingerprint density at radius 2 is 1.95 bits per heavy atom. The fourth-order valence-electron chi connectivity index (χ4n) is 2.57. The van der Waals surface area contributed by atoms with E-state index in [1.54, 1.807) is 12.1 Å². The third kappa shape index (κ3) is 3.82. The summed E-state index contributed by atoms with van der Waals surface area (Å²) in [5, 5.41) is 3.27. The van der Waals surface area contributed by atoms with Crippen LogP contribution in [-0.2, 0) is 6.42 Å². The lowest BCUT2D eigenvalue weighted by molar-refractivity contribution is 0.385. The number of methoxy groups -OCH3 is 1. The highest BCUT2D eigenvalue weighted by molar-refractivity contribution is 5.31. The molecular weight excluding hydrogens is 265 g/mol. The number of ether oxygens (including phenoxy) is 1. The Bertz CT molecular complexity index is 598. The molecule has 21 heavy (non-hydrogen) atoms. The predicted octanol–water partition coefficient (Wildman–Crippen LogP) is 4.04. The standard InChI is InChI=1S/C18H22FNO/c1-13-6-4-5-7-14(13)8-10-17(20-2)15-9-11-18(21-3)16(19)12-15/h4-7,9,11-12,17,20H,8,10H2,1-3H3. The Morgan fingerprint density at radius 3 is 2.57 bits per heavy atom. The van der Waals surface area contributed by atoms with Crippen LogP contribution in [0, 0.1) is 12.7 Å². The summed E-state index contributed by atoms with van der Waals surface area (Å²) in [4.78, 5) is 0. The van der Waals surface area contributed by atoms with E-state index in [0.29, 0.717) is 0 Å². The van der Waals surface area contributed by atoms with Gasteiger partial charge in [0, 0.05) is 6.04 Å². The second kappa shape index (κ2) is 7.23. The van der Waals surface area contributed by atoms with E-state index in [-0.39, 0.29) is 17.6 Å². The molecule has 0 amide bonds. The first kappa shape index (κ1) is 15.5. The largest absolute Gasteiger partial charge is 0.494 e. The zero-order valence-electron chi connectivity index (χ0n) is 12.8. The van der Waals surface area contributed by atoms with E-state index in [4.69, 9.17) is 4.74 Å². The topological polar surface area (TPSA) is 21.3 Å². The van der Waals surface area contributed by atoms with Crippen molar-refractivity contribution in [3.63, 3.8) is 0 Å². The van der Waals surface area contributed by atoms with E-state index in [9.17, 15) is 4.39 Å². The van der Waals surface area contributed by atoms with Gasteiger partial charge in [0.05, 0.1) is 7.11 Å². The second-order valence-electron chi connectivity index (χ2n) is 5.20. The van der Waals surface area contributed by atoms with Gasteiger partial charge in [-0.25, -0.2) is 4.39 Å². The van der Waals surface area contributed by atoms with Crippen LogP contribution in [0.4, 0.5) is 4.39 Å². The molecular formula is C18H22FNO. The van der Waals surface area contributed by atoms with Crippen LogP contribution in [0.15, 0.2) is 42.5 Å². The van der Waals surface area contributed by atoms with Crippen molar-refractivity contribution in [3.05, 3.63) is 65.0 Å². The first-order valence-corrected chi connectivity index (χ1v) is 7.21. The van der Waals surface area contributed by atoms with Gasteiger partial charge in [-0.2, -0.15) is 0 Å². The summed E-state index contributed by atoms with van der Waals surface area (Å²) in [6, 6.07) is 13.7. The van der Waals surface area contributed by atoms with Crippen LogP contribution < -0.4 is 10.1 Å². The maximum absolute atomic E-state index is 13.8. The van der Waals surface area contributed by atoms with E-state index < -0.39 is 0 Å². The molecule has 0 aliphatic carbocycles. The van der Waals surface area contributed by atoms with Crippen LogP contribution in [-0.4, -0.2) is 14.2 Å². The Morgan fingerprint density at radius 1 is 1.19 bits per heavy atom. The van der Waals surface area contributed by atoms with Gasteiger partial charge < -0.3 is 10.1 Å². The van der Waals surface area contributed by atoms with Crippen molar-refractivity contribution in [1.82, 2.24) is 5.32 Å². The summed E-state index contributed by atoms with van der Waals surface area (Å²) in [6.07, 6.45) is 1.89. The predicted molar refractivity (Wildman–Crippen MR) is 84.3 cm³/mol. The highest BCUT2D eigenvalue weighted by Gasteiger charge is 2.13. The van der Waals surface area contributed by atoms with Crippen molar-refractivity contribution in [2.45, 2.75) is 25.8 Å². The monoisotopic (exact) mass is 287 g/mol. The normalized spacial score (nSPS) is 12.2. The molecule has 3 heteroatoms. The molecule has 1 N–H and O–H groups in total. The van der Waals surface area contributed by atoms with Gasteiger partial charge in [-0.15, -0.1) is 0 Å². The molecule has 2 nitrogen and oxygen atoms in total. The van der Waals surface area contributed by atoms with Gasteiger partial charge in [0.1, 0.15) is 0 Å². The van der Waals surface area contributed by atoms with Crippen molar-refractivity contribution in [1.29, 1.82) is 0 Å². The zero-order chi connectivity index (χ0) is 15.2. The molecule has 0 aromatic heterocycles. The first-order valence-electron chi connectivity index (χ1n) is 7.21. The van der Waals surface area contributed by atoms with Gasteiger partial charge in [0.2, 0.25) is 0 Å². The highest BCUT2D eigenvalue weighted by Crippen LogP contribution is 2.25. The zero-order valence-corrected chi connectivity index (χ0v) is 12.8. The maximum Gasteiger partial charge on any atom is 0.165 e. The molecule has 0 aliphatic rings.